The molecule has 3 amide bonds. The van der Waals surface area contributed by atoms with Gasteiger partial charge in [0.1, 0.15) is 5.82 Å². The van der Waals surface area contributed by atoms with Crippen LogP contribution >= 0.6 is 0 Å². The standard InChI is InChI=1S/C25H24FN3O6S/c1-17-4-6-18(7-5-17)24(31)28-12-14-29(15-13-28)25(32)23(27-22(30)21-3-2-16-35-21)36(33,34)20-10-8-19(26)9-11-20/h2-11,16,23H,12-15H2,1H3,(H,27,30)/t23-/m0/s1. The third-order valence-corrected chi connectivity index (χ3v) is 7.73. The number of carbonyl (C=O) groups excluding carboxylic acids is 3. The van der Waals surface area contributed by atoms with Crippen LogP contribution in [0.4, 0.5) is 4.39 Å². The van der Waals surface area contributed by atoms with Gasteiger partial charge in [-0.1, -0.05) is 17.7 Å². The maximum atomic E-state index is 13.4. The second-order valence-electron chi connectivity index (χ2n) is 8.31. The number of aryl methyl sites for hydroxylation is 1. The molecule has 188 valence electrons. The second kappa shape index (κ2) is 10.3. The van der Waals surface area contributed by atoms with E-state index in [2.05, 4.69) is 5.32 Å². The van der Waals surface area contributed by atoms with Crippen molar-refractivity contribution in [3.8, 4) is 0 Å². The monoisotopic (exact) mass is 513 g/mol. The Morgan fingerprint density at radius 3 is 2.11 bits per heavy atom. The average Bonchev–Trinajstić information content (AvgIpc) is 3.42. The van der Waals surface area contributed by atoms with Gasteiger partial charge >= 0.3 is 0 Å². The molecule has 0 radical (unpaired) electrons. The summed E-state index contributed by atoms with van der Waals surface area (Å²) >= 11 is 0. The first-order chi connectivity index (χ1) is 17.2. The molecule has 1 aliphatic heterocycles. The van der Waals surface area contributed by atoms with Crippen molar-refractivity contribution in [3.05, 3.63) is 89.6 Å². The van der Waals surface area contributed by atoms with E-state index in [4.69, 9.17) is 4.42 Å². The van der Waals surface area contributed by atoms with Gasteiger partial charge in [-0.2, -0.15) is 0 Å². The van der Waals surface area contributed by atoms with Crippen molar-refractivity contribution in [2.24, 2.45) is 0 Å². The minimum atomic E-state index is -4.44. The van der Waals surface area contributed by atoms with E-state index in [1.54, 1.807) is 17.0 Å². The maximum absolute atomic E-state index is 13.4. The van der Waals surface area contributed by atoms with E-state index in [-0.39, 0.29) is 42.7 Å². The third-order valence-electron chi connectivity index (χ3n) is 5.86. The van der Waals surface area contributed by atoms with E-state index in [1.165, 1.54) is 23.3 Å². The van der Waals surface area contributed by atoms with Gasteiger partial charge in [-0.25, -0.2) is 12.8 Å². The number of benzene rings is 2. The van der Waals surface area contributed by atoms with Crippen LogP contribution in [0, 0.1) is 12.7 Å². The lowest BCUT2D eigenvalue weighted by Crippen LogP contribution is -2.57. The summed E-state index contributed by atoms with van der Waals surface area (Å²) in [7, 11) is -4.44. The molecule has 1 saturated heterocycles. The topological polar surface area (TPSA) is 117 Å². The average molecular weight is 514 g/mol. The molecule has 1 aromatic heterocycles. The van der Waals surface area contributed by atoms with Crippen molar-refractivity contribution < 1.29 is 31.6 Å². The highest BCUT2D eigenvalue weighted by atomic mass is 32.2. The fourth-order valence-corrected chi connectivity index (χ4v) is 5.27. The summed E-state index contributed by atoms with van der Waals surface area (Å²) in [6, 6.07) is 13.9. The summed E-state index contributed by atoms with van der Waals surface area (Å²) < 4.78 is 45.1. The second-order valence-corrected chi connectivity index (χ2v) is 10.3. The van der Waals surface area contributed by atoms with Gasteiger partial charge in [-0.05, 0) is 55.5 Å². The van der Waals surface area contributed by atoms with Crippen molar-refractivity contribution in [1.82, 2.24) is 15.1 Å². The predicted molar refractivity (Wildman–Crippen MR) is 127 cm³/mol. The van der Waals surface area contributed by atoms with E-state index in [0.29, 0.717) is 5.56 Å². The number of piperazine rings is 1. The maximum Gasteiger partial charge on any atom is 0.288 e. The number of nitrogens with zero attached hydrogens (tertiary/aromatic N) is 2. The summed E-state index contributed by atoms with van der Waals surface area (Å²) in [6.45, 7) is 2.44. The zero-order valence-corrected chi connectivity index (χ0v) is 20.2. The molecule has 1 fully saturated rings. The van der Waals surface area contributed by atoms with E-state index in [9.17, 15) is 27.2 Å². The van der Waals surface area contributed by atoms with Gasteiger partial charge in [0, 0.05) is 31.7 Å². The van der Waals surface area contributed by atoms with Gasteiger partial charge in [-0.3, -0.25) is 14.4 Å². The normalized spacial score (nSPS) is 14.8. The van der Waals surface area contributed by atoms with Crippen molar-refractivity contribution >= 4 is 27.6 Å². The third kappa shape index (κ3) is 5.30. The Kier molecular flexibility index (Phi) is 7.20. The summed E-state index contributed by atoms with van der Waals surface area (Å²) in [5.41, 5.74) is 1.54. The molecule has 11 heteroatoms. The quantitative estimate of drug-likeness (QED) is 0.506. The van der Waals surface area contributed by atoms with Crippen molar-refractivity contribution in [2.75, 3.05) is 26.2 Å². The number of amides is 3. The van der Waals surface area contributed by atoms with Crippen molar-refractivity contribution in [3.63, 3.8) is 0 Å². The highest BCUT2D eigenvalue weighted by Gasteiger charge is 2.40. The summed E-state index contributed by atoms with van der Waals surface area (Å²) in [5.74, 6) is -2.76. The molecule has 2 heterocycles. The summed E-state index contributed by atoms with van der Waals surface area (Å²) in [4.78, 5) is 41.3. The SMILES string of the molecule is Cc1ccc(C(=O)N2CCN(C(=O)[C@@H](NC(=O)c3ccco3)S(=O)(=O)c3ccc(F)cc3)CC2)cc1. The largest absolute Gasteiger partial charge is 0.459 e. The molecule has 9 nitrogen and oxygen atoms in total. The Morgan fingerprint density at radius 1 is 0.917 bits per heavy atom. The number of rotatable bonds is 6. The first-order valence-corrected chi connectivity index (χ1v) is 12.7. The first kappa shape index (κ1) is 25.1. The molecule has 3 aromatic rings. The van der Waals surface area contributed by atoms with Crippen LogP contribution in [0.1, 0.15) is 26.5 Å². The fraction of sp³-hybridized carbons (Fsp3) is 0.240. The minimum absolute atomic E-state index is 0.0719. The number of hydrogen-bond acceptors (Lipinski definition) is 6. The molecule has 0 unspecified atom stereocenters. The fourth-order valence-electron chi connectivity index (χ4n) is 3.80. The van der Waals surface area contributed by atoms with Crippen LogP contribution in [0.3, 0.4) is 0 Å². The molecule has 0 aliphatic carbocycles. The van der Waals surface area contributed by atoms with Crippen LogP contribution in [0.2, 0.25) is 0 Å². The number of carbonyl (C=O) groups is 3. The number of nitrogens with one attached hydrogen (secondary N) is 1. The number of hydrogen-bond donors (Lipinski definition) is 1. The minimum Gasteiger partial charge on any atom is -0.459 e. The predicted octanol–water partition coefficient (Wildman–Crippen LogP) is 2.24. The molecule has 1 N–H and O–H groups in total. The van der Waals surface area contributed by atoms with E-state index in [0.717, 1.165) is 29.8 Å². The zero-order valence-electron chi connectivity index (χ0n) is 19.4. The molecule has 2 aromatic carbocycles. The summed E-state index contributed by atoms with van der Waals surface area (Å²) in [5, 5.41) is 0.277. The van der Waals surface area contributed by atoms with Crippen LogP contribution in [-0.4, -0.2) is 67.5 Å². The highest BCUT2D eigenvalue weighted by molar-refractivity contribution is 7.92. The van der Waals surface area contributed by atoms with Gasteiger partial charge in [0.15, 0.2) is 5.76 Å². The first-order valence-electron chi connectivity index (χ1n) is 11.2. The molecule has 1 aliphatic rings. The number of furan rings is 1. The molecule has 36 heavy (non-hydrogen) atoms. The molecule has 0 saturated carbocycles. The lowest BCUT2D eigenvalue weighted by Gasteiger charge is -2.36. The van der Waals surface area contributed by atoms with E-state index >= 15 is 0 Å². The number of halogens is 1. The van der Waals surface area contributed by atoms with Gasteiger partial charge in [0.05, 0.1) is 11.2 Å². The Balaban J connectivity index is 1.53. The van der Waals surface area contributed by atoms with E-state index in [1.807, 2.05) is 19.1 Å². The molecular weight excluding hydrogens is 489 g/mol. The van der Waals surface area contributed by atoms with Crippen LogP contribution in [-0.2, 0) is 14.6 Å². The van der Waals surface area contributed by atoms with Crippen LogP contribution < -0.4 is 5.32 Å². The van der Waals surface area contributed by atoms with Crippen molar-refractivity contribution in [1.29, 1.82) is 0 Å². The smallest absolute Gasteiger partial charge is 0.288 e. The Labute approximate surface area is 207 Å². The Morgan fingerprint density at radius 2 is 1.53 bits per heavy atom. The zero-order chi connectivity index (χ0) is 25.9. The Hall–Kier alpha value is -3.99. The molecule has 0 bridgehead atoms. The van der Waals surface area contributed by atoms with Crippen LogP contribution in [0.25, 0.3) is 0 Å². The van der Waals surface area contributed by atoms with Crippen LogP contribution in [0.15, 0.2) is 76.2 Å². The van der Waals surface area contributed by atoms with Gasteiger partial charge < -0.3 is 19.5 Å². The lowest BCUT2D eigenvalue weighted by atomic mass is 10.1. The number of sulfone groups is 1. The molecule has 4 rings (SSSR count). The van der Waals surface area contributed by atoms with Crippen molar-refractivity contribution in [2.45, 2.75) is 17.2 Å². The molecule has 1 atom stereocenters. The van der Waals surface area contributed by atoms with Crippen LogP contribution in [0.5, 0.6) is 0 Å². The van der Waals surface area contributed by atoms with Gasteiger partial charge in [0.25, 0.3) is 17.7 Å². The Bertz CT molecular complexity index is 1350. The van der Waals surface area contributed by atoms with Gasteiger partial charge in [0.2, 0.25) is 15.2 Å². The van der Waals surface area contributed by atoms with Gasteiger partial charge in [-0.15, -0.1) is 0 Å². The highest BCUT2D eigenvalue weighted by Crippen LogP contribution is 2.19. The summed E-state index contributed by atoms with van der Waals surface area (Å²) in [6.07, 6.45) is 1.24. The molecular formula is C25H24FN3O6S. The lowest BCUT2D eigenvalue weighted by molar-refractivity contribution is -0.132. The van der Waals surface area contributed by atoms with E-state index < -0.39 is 32.8 Å². The molecule has 0 spiro atoms.